The first-order chi connectivity index (χ1) is 17.4. The molecule has 3 nitrogen and oxygen atoms in total. The van der Waals surface area contributed by atoms with Gasteiger partial charge in [-0.3, -0.25) is 14.4 Å². The minimum atomic E-state index is -0.472. The van der Waals surface area contributed by atoms with Crippen LogP contribution in [-0.4, -0.2) is 25.8 Å². The average Bonchev–Trinajstić information content (AvgIpc) is 2.98. The Balaban J connectivity index is 0.00000163. The van der Waals surface area contributed by atoms with Crippen LogP contribution in [0.15, 0.2) is 121 Å². The minimum absolute atomic E-state index is 0. The molecular weight excluding hydrogens is 571 g/mol. The molecule has 0 bridgehead atoms. The molecule has 36 heavy (non-hydrogen) atoms. The Hall–Kier alpha value is -2.63. The smallest absolute Gasteiger partial charge is 0.281 e. The molecule has 0 amide bonds. The molecule has 6 radical (unpaired) electrons. The Kier molecular flexibility index (Phi) is 19.1. The fraction of sp³-hybridized carbons (Fsp3) is 0.100. The van der Waals surface area contributed by atoms with Crippen LogP contribution in [0.2, 0.25) is 0 Å². The Morgan fingerprint density at radius 2 is 0.667 bits per heavy atom. The first-order valence-corrected chi connectivity index (χ1v) is 13.6. The molecular formula is C30H26O3P2Ru. The van der Waals surface area contributed by atoms with Crippen molar-refractivity contribution in [3.63, 3.8) is 0 Å². The molecule has 0 N–H and O–H groups in total. The van der Waals surface area contributed by atoms with E-state index in [-0.39, 0.29) is 19.5 Å². The summed E-state index contributed by atoms with van der Waals surface area (Å²) in [6, 6.07) is 44.6. The summed E-state index contributed by atoms with van der Waals surface area (Å²) < 4.78 is 0. The van der Waals surface area contributed by atoms with Gasteiger partial charge in [-0.1, -0.05) is 128 Å². The largest absolute Gasteiger partial charge is 0.281 e. The third kappa shape index (κ3) is 9.44. The molecule has 4 rings (SSSR count). The molecule has 4 aromatic carbocycles. The van der Waals surface area contributed by atoms with Gasteiger partial charge in [-0.25, -0.2) is 0 Å². The maximum atomic E-state index is 7.50. The second-order valence-electron chi connectivity index (χ2n) is 6.97. The summed E-state index contributed by atoms with van der Waals surface area (Å²) in [6.45, 7) is 15.9. The van der Waals surface area contributed by atoms with Crippen molar-refractivity contribution in [3.05, 3.63) is 121 Å². The predicted molar refractivity (Wildman–Crippen MR) is 149 cm³/mol. The number of hydrogen-bond acceptors (Lipinski definition) is 3. The van der Waals surface area contributed by atoms with E-state index in [4.69, 9.17) is 14.4 Å². The molecule has 0 fully saturated rings. The molecule has 0 aliphatic heterocycles. The van der Waals surface area contributed by atoms with Gasteiger partial charge in [-0.2, -0.15) is 0 Å². The van der Waals surface area contributed by atoms with Gasteiger partial charge in [0.15, 0.2) is 0 Å². The zero-order valence-electron chi connectivity index (χ0n) is 19.8. The van der Waals surface area contributed by atoms with Crippen molar-refractivity contribution in [1.82, 2.24) is 0 Å². The molecule has 0 spiro atoms. The van der Waals surface area contributed by atoms with Crippen molar-refractivity contribution in [2.24, 2.45) is 0 Å². The van der Waals surface area contributed by atoms with E-state index < -0.39 is 15.8 Å². The summed E-state index contributed by atoms with van der Waals surface area (Å²) in [5.74, 6) is 0. The second kappa shape index (κ2) is 20.6. The van der Waals surface area contributed by atoms with Crippen LogP contribution in [0.25, 0.3) is 0 Å². The average molecular weight is 598 g/mol. The molecule has 0 unspecified atom stereocenters. The fourth-order valence-corrected chi connectivity index (χ4v) is 11.0. The first kappa shape index (κ1) is 33.4. The van der Waals surface area contributed by atoms with Crippen LogP contribution < -0.4 is 21.2 Å². The van der Waals surface area contributed by atoms with Gasteiger partial charge in [0.1, 0.15) is 0 Å². The normalized spacial score (nSPS) is 9.44. The van der Waals surface area contributed by atoms with Crippen molar-refractivity contribution >= 4 is 57.4 Å². The molecule has 0 heterocycles. The van der Waals surface area contributed by atoms with E-state index in [0.29, 0.717) is 5.40 Å². The van der Waals surface area contributed by atoms with Crippen LogP contribution in [0, 0.1) is 0 Å². The molecule has 0 saturated carbocycles. The number of benzene rings is 4. The van der Waals surface area contributed by atoms with E-state index in [1.165, 1.54) is 21.2 Å². The van der Waals surface area contributed by atoms with Crippen molar-refractivity contribution in [2.75, 3.05) is 0 Å². The molecule has 0 aliphatic carbocycles. The quantitative estimate of drug-likeness (QED) is 0.228. The topological polar surface area (TPSA) is 51.2 Å². The SMILES string of the molecule is CCC(P(c1ccccc1)c1ccccc1)P(c1ccccc1)c1ccccc1.[C]=O.[C]=O.[C]=O.[Ru]. The summed E-state index contributed by atoms with van der Waals surface area (Å²) in [6.07, 6.45) is 1.16. The van der Waals surface area contributed by atoms with Gasteiger partial charge in [0.2, 0.25) is 0 Å². The van der Waals surface area contributed by atoms with Gasteiger partial charge in [-0.05, 0) is 43.5 Å². The van der Waals surface area contributed by atoms with Crippen LogP contribution in [0.5, 0.6) is 0 Å². The summed E-state index contributed by atoms with van der Waals surface area (Å²) in [7, 11) is -0.944. The van der Waals surface area contributed by atoms with E-state index in [1.807, 2.05) is 0 Å². The maximum absolute atomic E-state index is 7.50. The van der Waals surface area contributed by atoms with E-state index >= 15 is 0 Å². The Labute approximate surface area is 230 Å². The second-order valence-corrected chi connectivity index (χ2v) is 12.2. The number of carbonyl (C=O) groups excluding carboxylic acids is 3. The van der Waals surface area contributed by atoms with Crippen molar-refractivity contribution in [3.8, 4) is 0 Å². The van der Waals surface area contributed by atoms with Crippen LogP contribution in [0.1, 0.15) is 13.3 Å². The Morgan fingerprint density at radius 1 is 0.472 bits per heavy atom. The zero-order valence-corrected chi connectivity index (χ0v) is 23.3. The minimum Gasteiger partial charge on any atom is -0.281 e. The van der Waals surface area contributed by atoms with Gasteiger partial charge in [0.25, 0.3) is 20.4 Å². The molecule has 0 aromatic heterocycles. The third-order valence-electron chi connectivity index (χ3n) is 5.10. The Morgan fingerprint density at radius 3 is 0.833 bits per heavy atom. The summed E-state index contributed by atoms with van der Waals surface area (Å²) >= 11 is 0. The zero-order chi connectivity index (χ0) is 25.9. The van der Waals surface area contributed by atoms with Crippen LogP contribution >= 0.6 is 15.8 Å². The van der Waals surface area contributed by atoms with E-state index in [0.717, 1.165) is 6.42 Å². The molecule has 4 aromatic rings. The van der Waals surface area contributed by atoms with E-state index in [9.17, 15) is 0 Å². The van der Waals surface area contributed by atoms with Gasteiger partial charge in [0, 0.05) is 24.9 Å². The molecule has 0 saturated heterocycles. The monoisotopic (exact) mass is 598 g/mol. The standard InChI is InChI=1S/C27H26P2.3CO.Ru/c1-2-27(28(23-15-7-3-8-16-23)24-17-9-4-10-18-24)29(25-19-11-5-12-20-25)26-21-13-6-14-22-26;3*1-2;/h3-22,27H,2H2,1H3;;;;. The summed E-state index contributed by atoms with van der Waals surface area (Å²) in [4.78, 5) is 22.5. The summed E-state index contributed by atoms with van der Waals surface area (Å²) in [5, 5.41) is 6.47. The Bertz CT molecular complexity index is 888. The van der Waals surface area contributed by atoms with Crippen LogP contribution in [0.4, 0.5) is 0 Å². The number of hydrogen-bond donors (Lipinski definition) is 0. The molecule has 182 valence electrons. The van der Waals surface area contributed by atoms with Gasteiger partial charge < -0.3 is 0 Å². The van der Waals surface area contributed by atoms with Crippen molar-refractivity contribution in [2.45, 2.75) is 18.7 Å². The van der Waals surface area contributed by atoms with Crippen LogP contribution in [-0.2, 0) is 33.9 Å². The van der Waals surface area contributed by atoms with Gasteiger partial charge >= 0.3 is 0 Å². The van der Waals surface area contributed by atoms with Crippen molar-refractivity contribution in [1.29, 1.82) is 0 Å². The van der Waals surface area contributed by atoms with E-state index in [1.54, 1.807) is 0 Å². The molecule has 0 aliphatic rings. The predicted octanol–water partition coefficient (Wildman–Crippen LogP) is 4.79. The first-order valence-electron chi connectivity index (χ1n) is 10.8. The maximum Gasteiger partial charge on any atom is 0.281 e. The fourth-order valence-electron chi connectivity index (χ4n) is 3.82. The van der Waals surface area contributed by atoms with Gasteiger partial charge in [-0.15, -0.1) is 0 Å². The summed E-state index contributed by atoms with van der Waals surface area (Å²) in [5.41, 5.74) is 0. The molecule has 6 heteroatoms. The van der Waals surface area contributed by atoms with Gasteiger partial charge in [0.05, 0.1) is 0 Å². The molecule has 0 atom stereocenters. The number of rotatable bonds is 7. The third-order valence-corrected chi connectivity index (χ3v) is 11.8. The van der Waals surface area contributed by atoms with Crippen molar-refractivity contribution < 1.29 is 33.9 Å². The van der Waals surface area contributed by atoms with E-state index in [2.05, 4.69) is 149 Å². The van der Waals surface area contributed by atoms with Crippen LogP contribution in [0.3, 0.4) is 0 Å².